The van der Waals surface area contributed by atoms with E-state index in [1.807, 2.05) is 0 Å². The number of benzene rings is 2. The highest BCUT2D eigenvalue weighted by molar-refractivity contribution is 7.80. The van der Waals surface area contributed by atoms with E-state index in [4.69, 9.17) is 0 Å². The minimum Gasteiger partial charge on any atom is -0.348 e. The lowest BCUT2D eigenvalue weighted by atomic mass is 10.2. The van der Waals surface area contributed by atoms with Crippen molar-refractivity contribution in [3.8, 4) is 0 Å². The fourth-order valence-corrected chi connectivity index (χ4v) is 1.70. The topological polar surface area (TPSA) is 29.1 Å². The number of carbonyl (C=O) groups excluding carboxylic acids is 1. The number of nitrogens with one attached hydrogen (secondary N) is 1. The molecule has 0 saturated heterocycles. The van der Waals surface area contributed by atoms with Crippen molar-refractivity contribution < 1.29 is 13.6 Å². The number of hydrogen-bond acceptors (Lipinski definition) is 2. The SMILES string of the molecule is O=C(NCc1ccc(F)cc1F)c1ccc(S)cc1. The van der Waals surface area contributed by atoms with Crippen molar-refractivity contribution in [1.29, 1.82) is 0 Å². The van der Waals surface area contributed by atoms with Crippen LogP contribution in [0.5, 0.6) is 0 Å². The van der Waals surface area contributed by atoms with Crippen LogP contribution in [0.15, 0.2) is 47.4 Å². The minimum absolute atomic E-state index is 0.00751. The van der Waals surface area contributed by atoms with E-state index in [1.165, 1.54) is 6.07 Å². The maximum atomic E-state index is 13.4. The molecule has 0 radical (unpaired) electrons. The second-order valence-electron chi connectivity index (χ2n) is 3.97. The predicted octanol–water partition coefficient (Wildman–Crippen LogP) is 3.18. The van der Waals surface area contributed by atoms with E-state index < -0.39 is 11.6 Å². The van der Waals surface area contributed by atoms with Crippen molar-refractivity contribution in [3.05, 3.63) is 65.2 Å². The summed E-state index contributed by atoms with van der Waals surface area (Å²) in [5.41, 5.74) is 0.695. The molecule has 0 saturated carbocycles. The number of hydrogen-bond donors (Lipinski definition) is 2. The van der Waals surface area contributed by atoms with Gasteiger partial charge in [0.1, 0.15) is 11.6 Å². The van der Waals surface area contributed by atoms with Crippen LogP contribution in [-0.4, -0.2) is 5.91 Å². The maximum absolute atomic E-state index is 13.4. The fraction of sp³-hybridized carbons (Fsp3) is 0.0714. The van der Waals surface area contributed by atoms with Gasteiger partial charge in [-0.15, -0.1) is 12.6 Å². The van der Waals surface area contributed by atoms with E-state index in [0.29, 0.717) is 5.56 Å². The molecule has 98 valence electrons. The average Bonchev–Trinajstić information content (AvgIpc) is 2.38. The quantitative estimate of drug-likeness (QED) is 0.830. The van der Waals surface area contributed by atoms with Gasteiger partial charge in [0.05, 0.1) is 0 Å². The first kappa shape index (κ1) is 13.5. The summed E-state index contributed by atoms with van der Waals surface area (Å²) in [6.07, 6.45) is 0. The summed E-state index contributed by atoms with van der Waals surface area (Å²) in [6.45, 7) is 0.00751. The lowest BCUT2D eigenvalue weighted by molar-refractivity contribution is 0.0950. The molecule has 5 heteroatoms. The number of carbonyl (C=O) groups is 1. The molecule has 2 aromatic rings. The van der Waals surface area contributed by atoms with Gasteiger partial charge in [-0.3, -0.25) is 4.79 Å². The Morgan fingerprint density at radius 2 is 1.79 bits per heavy atom. The first-order valence-electron chi connectivity index (χ1n) is 5.57. The Kier molecular flexibility index (Phi) is 4.16. The second-order valence-corrected chi connectivity index (χ2v) is 4.48. The van der Waals surface area contributed by atoms with E-state index in [1.54, 1.807) is 24.3 Å². The van der Waals surface area contributed by atoms with Gasteiger partial charge in [-0.1, -0.05) is 6.07 Å². The normalized spacial score (nSPS) is 10.3. The molecule has 0 aliphatic heterocycles. The Labute approximate surface area is 114 Å². The minimum atomic E-state index is -0.675. The van der Waals surface area contributed by atoms with Crippen LogP contribution in [0.1, 0.15) is 15.9 Å². The summed E-state index contributed by atoms with van der Waals surface area (Å²) in [5, 5.41) is 2.57. The molecule has 1 amide bonds. The molecule has 1 N–H and O–H groups in total. The summed E-state index contributed by atoms with van der Waals surface area (Å²) in [6, 6.07) is 9.88. The van der Waals surface area contributed by atoms with Gasteiger partial charge in [0.2, 0.25) is 0 Å². The van der Waals surface area contributed by atoms with Crippen LogP contribution in [-0.2, 0) is 6.54 Å². The average molecular weight is 279 g/mol. The van der Waals surface area contributed by atoms with E-state index in [-0.39, 0.29) is 18.0 Å². The molecule has 0 heterocycles. The molecule has 0 fully saturated rings. The molecule has 0 spiro atoms. The number of amides is 1. The van der Waals surface area contributed by atoms with Gasteiger partial charge in [0.15, 0.2) is 0 Å². The van der Waals surface area contributed by atoms with Crippen molar-refractivity contribution in [2.75, 3.05) is 0 Å². The van der Waals surface area contributed by atoms with Crippen molar-refractivity contribution in [2.45, 2.75) is 11.4 Å². The third kappa shape index (κ3) is 3.54. The molecule has 0 aromatic heterocycles. The first-order valence-corrected chi connectivity index (χ1v) is 6.02. The molecular weight excluding hydrogens is 268 g/mol. The first-order chi connectivity index (χ1) is 9.06. The molecular formula is C14H11F2NOS. The van der Waals surface area contributed by atoms with Gasteiger partial charge in [-0.2, -0.15) is 0 Å². The molecule has 19 heavy (non-hydrogen) atoms. The van der Waals surface area contributed by atoms with Crippen molar-refractivity contribution in [2.24, 2.45) is 0 Å². The van der Waals surface area contributed by atoms with Crippen molar-refractivity contribution in [1.82, 2.24) is 5.32 Å². The van der Waals surface area contributed by atoms with Gasteiger partial charge < -0.3 is 5.32 Å². The zero-order valence-corrected chi connectivity index (χ0v) is 10.8. The van der Waals surface area contributed by atoms with Crippen molar-refractivity contribution in [3.63, 3.8) is 0 Å². The standard InChI is InChI=1S/C14H11F2NOS/c15-11-4-1-10(13(16)7-11)8-17-14(18)9-2-5-12(19)6-3-9/h1-7,19H,8H2,(H,17,18). The molecule has 0 bridgehead atoms. The summed E-state index contributed by atoms with van der Waals surface area (Å²) >= 11 is 4.12. The Morgan fingerprint density at radius 1 is 1.11 bits per heavy atom. The molecule has 0 aliphatic rings. The molecule has 2 aromatic carbocycles. The Balaban J connectivity index is 2.02. The van der Waals surface area contributed by atoms with E-state index in [0.717, 1.165) is 17.0 Å². The number of thiol groups is 1. The highest BCUT2D eigenvalue weighted by atomic mass is 32.1. The molecule has 2 nitrogen and oxygen atoms in total. The van der Waals surface area contributed by atoms with E-state index >= 15 is 0 Å². The fourth-order valence-electron chi connectivity index (χ4n) is 1.56. The Morgan fingerprint density at radius 3 is 2.42 bits per heavy atom. The van der Waals surface area contributed by atoms with Crippen LogP contribution in [0, 0.1) is 11.6 Å². The lowest BCUT2D eigenvalue weighted by Crippen LogP contribution is -2.23. The zero-order valence-electron chi connectivity index (χ0n) is 9.86. The summed E-state index contributed by atoms with van der Waals surface area (Å²) in [5.74, 6) is -1.64. The maximum Gasteiger partial charge on any atom is 0.251 e. The van der Waals surface area contributed by atoms with Gasteiger partial charge in [0.25, 0.3) is 5.91 Å². The number of rotatable bonds is 3. The number of halogens is 2. The van der Waals surface area contributed by atoms with Crippen LogP contribution in [0.25, 0.3) is 0 Å². The summed E-state index contributed by atoms with van der Waals surface area (Å²) in [4.78, 5) is 12.5. The molecule has 0 unspecified atom stereocenters. The van der Waals surface area contributed by atoms with Gasteiger partial charge in [-0.25, -0.2) is 8.78 Å². The second kappa shape index (κ2) is 5.84. The highest BCUT2D eigenvalue weighted by Crippen LogP contribution is 2.10. The Bertz CT molecular complexity index is 599. The van der Waals surface area contributed by atoms with Gasteiger partial charge in [-0.05, 0) is 30.3 Å². The van der Waals surface area contributed by atoms with Crippen LogP contribution >= 0.6 is 12.6 Å². The zero-order chi connectivity index (χ0) is 13.8. The van der Waals surface area contributed by atoms with E-state index in [9.17, 15) is 13.6 Å². The third-order valence-corrected chi connectivity index (χ3v) is 2.88. The monoisotopic (exact) mass is 279 g/mol. The highest BCUT2D eigenvalue weighted by Gasteiger charge is 2.07. The van der Waals surface area contributed by atoms with Gasteiger partial charge in [0, 0.05) is 28.6 Å². The Hall–Kier alpha value is -1.88. The van der Waals surface area contributed by atoms with Crippen molar-refractivity contribution >= 4 is 18.5 Å². The van der Waals surface area contributed by atoms with E-state index in [2.05, 4.69) is 17.9 Å². The molecule has 0 aliphatic carbocycles. The predicted molar refractivity (Wildman–Crippen MR) is 71.2 cm³/mol. The summed E-state index contributed by atoms with van der Waals surface area (Å²) in [7, 11) is 0. The largest absolute Gasteiger partial charge is 0.348 e. The smallest absolute Gasteiger partial charge is 0.251 e. The molecule has 0 atom stereocenters. The van der Waals surface area contributed by atoms with Crippen LogP contribution in [0.2, 0.25) is 0 Å². The molecule has 2 rings (SSSR count). The summed E-state index contributed by atoms with van der Waals surface area (Å²) < 4.78 is 26.1. The van der Waals surface area contributed by atoms with Crippen LogP contribution in [0.4, 0.5) is 8.78 Å². The van der Waals surface area contributed by atoms with Gasteiger partial charge >= 0.3 is 0 Å². The van der Waals surface area contributed by atoms with Crippen LogP contribution in [0.3, 0.4) is 0 Å². The van der Waals surface area contributed by atoms with Crippen LogP contribution < -0.4 is 5.32 Å². The third-order valence-electron chi connectivity index (χ3n) is 2.58. The lowest BCUT2D eigenvalue weighted by Gasteiger charge is -2.06.